The van der Waals surface area contributed by atoms with E-state index in [0.717, 1.165) is 44.5 Å². The zero-order chi connectivity index (χ0) is 40.6. The van der Waals surface area contributed by atoms with Crippen molar-refractivity contribution in [2.45, 2.75) is 5.41 Å². The van der Waals surface area contributed by atoms with Gasteiger partial charge in [-0.3, -0.25) is 0 Å². The Morgan fingerprint density at radius 1 is 0.246 bits per heavy atom. The summed E-state index contributed by atoms with van der Waals surface area (Å²) in [6.07, 6.45) is 0. The zero-order valence-corrected chi connectivity index (χ0v) is 33.4. The van der Waals surface area contributed by atoms with Crippen molar-refractivity contribution in [1.82, 2.24) is 15.0 Å². The SMILES string of the molecule is c1ccc(-c2cc(-c3ccccc3)cc(-c3nc(-c4ccccc4)nc(-c4cccc(-c5cccc6c5C(c5ccccc5)(c5ccccc5)c5ccccc5-6)c4)n3)c2)cc1. The quantitative estimate of drug-likeness (QED) is 0.154. The predicted octanol–water partition coefficient (Wildman–Crippen LogP) is 14.2. The van der Waals surface area contributed by atoms with Crippen LogP contribution < -0.4 is 0 Å². The van der Waals surface area contributed by atoms with E-state index in [-0.39, 0.29) is 0 Å². The Balaban J connectivity index is 1.12. The van der Waals surface area contributed by atoms with E-state index in [0.29, 0.717) is 17.5 Å². The molecule has 3 heteroatoms. The van der Waals surface area contributed by atoms with Crippen molar-refractivity contribution in [3.8, 4) is 78.7 Å². The number of benzene rings is 9. The van der Waals surface area contributed by atoms with Gasteiger partial charge in [-0.15, -0.1) is 0 Å². The number of hydrogen-bond acceptors (Lipinski definition) is 3. The first-order chi connectivity index (χ1) is 30.2. The molecule has 1 aliphatic rings. The molecule has 0 saturated heterocycles. The summed E-state index contributed by atoms with van der Waals surface area (Å²) in [5.74, 6) is 1.86. The number of aromatic nitrogens is 3. The van der Waals surface area contributed by atoms with Crippen LogP contribution in [-0.4, -0.2) is 15.0 Å². The normalized spacial score (nSPS) is 12.4. The van der Waals surface area contributed by atoms with Crippen molar-refractivity contribution < 1.29 is 0 Å². The van der Waals surface area contributed by atoms with Gasteiger partial charge >= 0.3 is 0 Å². The third-order valence-corrected chi connectivity index (χ3v) is 12.0. The van der Waals surface area contributed by atoms with Crippen LogP contribution in [-0.2, 0) is 5.41 Å². The highest BCUT2D eigenvalue weighted by Crippen LogP contribution is 2.58. The van der Waals surface area contributed by atoms with Crippen molar-refractivity contribution in [2.75, 3.05) is 0 Å². The number of rotatable bonds is 8. The van der Waals surface area contributed by atoms with Crippen LogP contribution in [0, 0.1) is 0 Å². The standard InChI is InChI=1S/C58H39N3/c1-6-20-40(21-7-1)45-37-46(41-22-8-2-9-23-41)39-47(38-45)57-60-55(42-24-10-3-11-25-42)59-56(61-57)44-27-18-26-43(36-44)50-33-19-34-52-51-32-16-17-35-53(51)58(54(50)52,48-28-12-4-13-29-48)49-30-14-5-15-31-49/h1-39H. The van der Waals surface area contributed by atoms with E-state index in [1.54, 1.807) is 0 Å². The van der Waals surface area contributed by atoms with Gasteiger partial charge in [-0.05, 0) is 91.0 Å². The fourth-order valence-electron chi connectivity index (χ4n) is 9.27. The van der Waals surface area contributed by atoms with Gasteiger partial charge in [0.25, 0.3) is 0 Å². The summed E-state index contributed by atoms with van der Waals surface area (Å²) in [7, 11) is 0. The minimum absolute atomic E-state index is 0.540. The van der Waals surface area contributed by atoms with Crippen LogP contribution in [0.25, 0.3) is 78.7 Å². The molecule has 1 heterocycles. The topological polar surface area (TPSA) is 38.7 Å². The fourth-order valence-corrected chi connectivity index (χ4v) is 9.27. The molecule has 0 aliphatic heterocycles. The first-order valence-corrected chi connectivity index (χ1v) is 20.8. The Labute approximate surface area is 356 Å². The molecule has 10 aromatic rings. The van der Waals surface area contributed by atoms with Crippen molar-refractivity contribution >= 4 is 0 Å². The zero-order valence-electron chi connectivity index (χ0n) is 33.4. The lowest BCUT2D eigenvalue weighted by molar-refractivity contribution is 0.770. The summed E-state index contributed by atoms with van der Waals surface area (Å²) in [5.41, 5.74) is 16.5. The number of fused-ring (bicyclic) bond motifs is 3. The summed E-state index contributed by atoms with van der Waals surface area (Å²) in [4.78, 5) is 15.7. The van der Waals surface area contributed by atoms with E-state index in [4.69, 9.17) is 15.0 Å². The first kappa shape index (κ1) is 36.1. The fraction of sp³-hybridized carbons (Fsp3) is 0.0172. The summed E-state index contributed by atoms with van der Waals surface area (Å²) in [5, 5.41) is 0. The number of hydrogen-bond donors (Lipinski definition) is 0. The molecule has 0 radical (unpaired) electrons. The molecular weight excluding hydrogens is 739 g/mol. The second-order valence-corrected chi connectivity index (χ2v) is 15.5. The second-order valence-electron chi connectivity index (χ2n) is 15.5. The smallest absolute Gasteiger partial charge is 0.164 e. The molecule has 9 aromatic carbocycles. The maximum Gasteiger partial charge on any atom is 0.164 e. The lowest BCUT2D eigenvalue weighted by Crippen LogP contribution is -2.29. The highest BCUT2D eigenvalue weighted by molar-refractivity contribution is 5.93. The molecule has 0 saturated carbocycles. The van der Waals surface area contributed by atoms with Crippen molar-refractivity contribution in [1.29, 1.82) is 0 Å². The van der Waals surface area contributed by atoms with Crippen molar-refractivity contribution in [2.24, 2.45) is 0 Å². The molecule has 1 aliphatic carbocycles. The lowest BCUT2D eigenvalue weighted by atomic mass is 9.66. The number of nitrogens with zero attached hydrogens (tertiary/aromatic N) is 3. The molecular formula is C58H39N3. The van der Waals surface area contributed by atoms with Gasteiger partial charge < -0.3 is 0 Å². The van der Waals surface area contributed by atoms with Gasteiger partial charge in [0.2, 0.25) is 0 Å². The monoisotopic (exact) mass is 777 g/mol. The Hall–Kier alpha value is -8.01. The van der Waals surface area contributed by atoms with E-state index >= 15 is 0 Å². The molecule has 61 heavy (non-hydrogen) atoms. The summed E-state index contributed by atoms with van der Waals surface area (Å²) < 4.78 is 0. The third kappa shape index (κ3) is 6.35. The molecule has 0 amide bonds. The molecule has 3 nitrogen and oxygen atoms in total. The molecule has 0 N–H and O–H groups in total. The maximum atomic E-state index is 5.31. The predicted molar refractivity (Wildman–Crippen MR) is 250 cm³/mol. The minimum Gasteiger partial charge on any atom is -0.208 e. The summed E-state index contributed by atoms with van der Waals surface area (Å²) >= 11 is 0. The van der Waals surface area contributed by atoms with E-state index in [2.05, 4.69) is 218 Å². The molecule has 0 bridgehead atoms. The molecule has 0 spiro atoms. The summed E-state index contributed by atoms with van der Waals surface area (Å²) in [6.45, 7) is 0. The van der Waals surface area contributed by atoms with E-state index in [9.17, 15) is 0 Å². The van der Waals surface area contributed by atoms with Crippen LogP contribution in [0.5, 0.6) is 0 Å². The van der Waals surface area contributed by atoms with E-state index < -0.39 is 5.41 Å². The lowest BCUT2D eigenvalue weighted by Gasteiger charge is -2.35. The van der Waals surface area contributed by atoms with Gasteiger partial charge in [0.1, 0.15) is 0 Å². The minimum atomic E-state index is -0.540. The first-order valence-electron chi connectivity index (χ1n) is 20.8. The van der Waals surface area contributed by atoms with Crippen LogP contribution in [0.15, 0.2) is 237 Å². The maximum absolute atomic E-state index is 5.31. The molecule has 286 valence electrons. The van der Waals surface area contributed by atoms with E-state index in [1.807, 2.05) is 18.2 Å². The second kappa shape index (κ2) is 15.3. The molecule has 0 fully saturated rings. The molecule has 1 aromatic heterocycles. The Morgan fingerprint density at radius 3 is 1.21 bits per heavy atom. The van der Waals surface area contributed by atoms with Crippen LogP contribution in [0.4, 0.5) is 0 Å². The average molecular weight is 778 g/mol. The summed E-state index contributed by atoms with van der Waals surface area (Å²) in [6, 6.07) is 84.2. The molecule has 11 rings (SSSR count). The van der Waals surface area contributed by atoms with E-state index in [1.165, 1.54) is 38.9 Å². The van der Waals surface area contributed by atoms with Gasteiger partial charge in [-0.1, -0.05) is 212 Å². The van der Waals surface area contributed by atoms with Gasteiger partial charge in [0, 0.05) is 16.7 Å². The average Bonchev–Trinajstić information content (AvgIpc) is 3.66. The van der Waals surface area contributed by atoms with Gasteiger partial charge in [0.05, 0.1) is 5.41 Å². The van der Waals surface area contributed by atoms with Crippen LogP contribution >= 0.6 is 0 Å². The van der Waals surface area contributed by atoms with Crippen molar-refractivity contribution in [3.05, 3.63) is 259 Å². The Kier molecular flexibility index (Phi) is 9.05. The Bertz CT molecular complexity index is 3070. The molecule has 0 atom stereocenters. The van der Waals surface area contributed by atoms with Crippen LogP contribution in [0.1, 0.15) is 22.3 Å². The van der Waals surface area contributed by atoms with Gasteiger partial charge in [-0.2, -0.15) is 0 Å². The van der Waals surface area contributed by atoms with Crippen LogP contribution in [0.2, 0.25) is 0 Å². The Morgan fingerprint density at radius 2 is 0.623 bits per heavy atom. The van der Waals surface area contributed by atoms with Crippen molar-refractivity contribution in [3.63, 3.8) is 0 Å². The highest BCUT2D eigenvalue weighted by Gasteiger charge is 2.47. The van der Waals surface area contributed by atoms with Gasteiger partial charge in [-0.25, -0.2) is 15.0 Å². The highest BCUT2D eigenvalue weighted by atomic mass is 15.0. The molecule has 0 unspecified atom stereocenters. The third-order valence-electron chi connectivity index (χ3n) is 12.0. The van der Waals surface area contributed by atoms with Gasteiger partial charge in [0.15, 0.2) is 17.5 Å². The largest absolute Gasteiger partial charge is 0.208 e. The van der Waals surface area contributed by atoms with Crippen LogP contribution in [0.3, 0.4) is 0 Å².